The molecule has 1 heterocycles. The lowest BCUT2D eigenvalue weighted by Gasteiger charge is -2.30. The second kappa shape index (κ2) is 5.13. The number of fused-ring (bicyclic) bond motifs is 1. The van der Waals surface area contributed by atoms with Crippen LogP contribution >= 0.6 is 0 Å². The third-order valence-corrected chi connectivity index (χ3v) is 3.51. The van der Waals surface area contributed by atoms with Crippen molar-refractivity contribution in [3.8, 4) is 11.5 Å². The fourth-order valence-electron chi connectivity index (χ4n) is 2.46. The van der Waals surface area contributed by atoms with E-state index in [9.17, 15) is 9.50 Å². The Morgan fingerprint density at radius 2 is 2.10 bits per heavy atom. The van der Waals surface area contributed by atoms with Gasteiger partial charge < -0.3 is 14.6 Å². The molecule has 4 heteroatoms. The van der Waals surface area contributed by atoms with Gasteiger partial charge in [0.15, 0.2) is 0 Å². The van der Waals surface area contributed by atoms with Gasteiger partial charge in [-0.05, 0) is 29.8 Å². The van der Waals surface area contributed by atoms with Crippen LogP contribution in [-0.4, -0.2) is 12.2 Å². The molecule has 2 aromatic carbocycles. The Morgan fingerprint density at radius 1 is 1.25 bits per heavy atom. The summed E-state index contributed by atoms with van der Waals surface area (Å²) in [6, 6.07) is 11.6. The highest BCUT2D eigenvalue weighted by atomic mass is 19.1. The Bertz CT molecular complexity index is 627. The molecule has 2 atom stereocenters. The molecule has 3 rings (SSSR count). The van der Waals surface area contributed by atoms with Crippen LogP contribution in [0.1, 0.15) is 29.8 Å². The molecule has 0 bridgehead atoms. The van der Waals surface area contributed by atoms with Crippen molar-refractivity contribution < 1.29 is 19.0 Å². The first-order chi connectivity index (χ1) is 9.67. The van der Waals surface area contributed by atoms with Crippen LogP contribution in [-0.2, 0) is 0 Å². The summed E-state index contributed by atoms with van der Waals surface area (Å²) < 4.78 is 24.3. The zero-order chi connectivity index (χ0) is 14.1. The SMILES string of the molecule is COc1ccc2c(c1)OC(c1cccc(F)c1)CC2O. The molecule has 1 aliphatic heterocycles. The summed E-state index contributed by atoms with van der Waals surface area (Å²) >= 11 is 0. The maximum absolute atomic E-state index is 13.3. The number of halogens is 1. The molecule has 3 nitrogen and oxygen atoms in total. The van der Waals surface area contributed by atoms with E-state index in [1.165, 1.54) is 12.1 Å². The molecule has 2 aromatic rings. The molecule has 2 unspecified atom stereocenters. The van der Waals surface area contributed by atoms with Crippen LogP contribution in [0.5, 0.6) is 11.5 Å². The maximum Gasteiger partial charge on any atom is 0.129 e. The van der Waals surface area contributed by atoms with Crippen molar-refractivity contribution in [2.24, 2.45) is 0 Å². The predicted molar refractivity (Wildman–Crippen MR) is 72.3 cm³/mol. The Kier molecular flexibility index (Phi) is 3.32. The molecule has 0 aliphatic carbocycles. The van der Waals surface area contributed by atoms with Gasteiger partial charge in [-0.1, -0.05) is 12.1 Å². The van der Waals surface area contributed by atoms with Crippen LogP contribution < -0.4 is 9.47 Å². The summed E-state index contributed by atoms with van der Waals surface area (Å²) in [6.07, 6.45) is -0.582. The van der Waals surface area contributed by atoms with Crippen LogP contribution in [0, 0.1) is 5.82 Å². The molecule has 0 radical (unpaired) electrons. The number of rotatable bonds is 2. The van der Waals surface area contributed by atoms with Gasteiger partial charge in [-0.25, -0.2) is 4.39 Å². The number of benzene rings is 2. The van der Waals surface area contributed by atoms with Crippen LogP contribution in [0.3, 0.4) is 0 Å². The van der Waals surface area contributed by atoms with Crippen LogP contribution in [0.15, 0.2) is 42.5 Å². The molecule has 0 saturated carbocycles. The highest BCUT2D eigenvalue weighted by molar-refractivity contribution is 5.44. The highest BCUT2D eigenvalue weighted by Gasteiger charge is 2.28. The molecule has 104 valence electrons. The van der Waals surface area contributed by atoms with Crippen LogP contribution in [0.2, 0.25) is 0 Å². The highest BCUT2D eigenvalue weighted by Crippen LogP contribution is 2.42. The van der Waals surface area contributed by atoms with Crippen molar-refractivity contribution in [2.75, 3.05) is 7.11 Å². The predicted octanol–water partition coefficient (Wildman–Crippen LogP) is 3.39. The van der Waals surface area contributed by atoms with Gasteiger partial charge in [0.25, 0.3) is 0 Å². The van der Waals surface area contributed by atoms with Gasteiger partial charge in [0.05, 0.1) is 13.2 Å². The van der Waals surface area contributed by atoms with Crippen molar-refractivity contribution in [3.05, 3.63) is 59.4 Å². The molecular formula is C16H15FO3. The van der Waals surface area contributed by atoms with Crippen molar-refractivity contribution >= 4 is 0 Å². The van der Waals surface area contributed by atoms with Gasteiger partial charge >= 0.3 is 0 Å². The average molecular weight is 274 g/mol. The third-order valence-electron chi connectivity index (χ3n) is 3.51. The normalized spacial score (nSPS) is 20.9. The van der Waals surface area contributed by atoms with E-state index in [2.05, 4.69) is 0 Å². The minimum atomic E-state index is -0.627. The fraction of sp³-hybridized carbons (Fsp3) is 0.250. The second-order valence-electron chi connectivity index (χ2n) is 4.82. The molecular weight excluding hydrogens is 259 g/mol. The lowest BCUT2D eigenvalue weighted by molar-refractivity contribution is 0.0653. The molecule has 1 aliphatic rings. The van der Waals surface area contributed by atoms with Gasteiger partial charge in [-0.3, -0.25) is 0 Å². The zero-order valence-electron chi connectivity index (χ0n) is 11.0. The standard InChI is InChI=1S/C16H15FO3/c1-19-12-5-6-13-14(18)9-15(20-16(13)8-12)10-3-2-4-11(17)7-10/h2-8,14-15,18H,9H2,1H3. The minimum absolute atomic E-state index is 0.308. The zero-order valence-corrected chi connectivity index (χ0v) is 11.0. The van der Waals surface area contributed by atoms with Gasteiger partial charge in [-0.2, -0.15) is 0 Å². The number of hydrogen-bond donors (Lipinski definition) is 1. The smallest absolute Gasteiger partial charge is 0.129 e. The topological polar surface area (TPSA) is 38.7 Å². The van der Waals surface area contributed by atoms with E-state index in [0.29, 0.717) is 17.9 Å². The van der Waals surface area contributed by atoms with E-state index in [0.717, 1.165) is 11.1 Å². The number of aliphatic hydroxyl groups excluding tert-OH is 1. The van der Waals surface area contributed by atoms with Crippen molar-refractivity contribution in [3.63, 3.8) is 0 Å². The molecule has 0 spiro atoms. The summed E-state index contributed by atoms with van der Waals surface area (Å²) in [4.78, 5) is 0. The Morgan fingerprint density at radius 3 is 2.85 bits per heavy atom. The Hall–Kier alpha value is -2.07. The van der Waals surface area contributed by atoms with Crippen molar-refractivity contribution in [1.29, 1.82) is 0 Å². The van der Waals surface area contributed by atoms with E-state index >= 15 is 0 Å². The molecule has 1 N–H and O–H groups in total. The Labute approximate surface area is 116 Å². The van der Waals surface area contributed by atoms with Crippen LogP contribution in [0.25, 0.3) is 0 Å². The van der Waals surface area contributed by atoms with E-state index in [-0.39, 0.29) is 11.9 Å². The van der Waals surface area contributed by atoms with Crippen molar-refractivity contribution in [2.45, 2.75) is 18.6 Å². The molecule has 0 fully saturated rings. The van der Waals surface area contributed by atoms with Crippen LogP contribution in [0.4, 0.5) is 4.39 Å². The lowest BCUT2D eigenvalue weighted by Crippen LogP contribution is -2.19. The van der Waals surface area contributed by atoms with Gasteiger partial charge in [0.2, 0.25) is 0 Å². The summed E-state index contributed by atoms with van der Waals surface area (Å²) in [5, 5.41) is 10.2. The number of ether oxygens (including phenoxy) is 2. The van der Waals surface area contributed by atoms with E-state index in [4.69, 9.17) is 9.47 Å². The quantitative estimate of drug-likeness (QED) is 0.912. The van der Waals surface area contributed by atoms with Crippen molar-refractivity contribution in [1.82, 2.24) is 0 Å². The molecule has 20 heavy (non-hydrogen) atoms. The summed E-state index contributed by atoms with van der Waals surface area (Å²) in [7, 11) is 1.57. The van der Waals surface area contributed by atoms with Gasteiger partial charge in [0, 0.05) is 18.1 Å². The summed E-state index contributed by atoms with van der Waals surface area (Å²) in [5.41, 5.74) is 1.45. The maximum atomic E-state index is 13.3. The monoisotopic (exact) mass is 274 g/mol. The first kappa shape index (κ1) is 12.9. The number of hydrogen-bond acceptors (Lipinski definition) is 3. The third kappa shape index (κ3) is 2.34. The molecule has 0 aromatic heterocycles. The molecule has 0 amide bonds. The minimum Gasteiger partial charge on any atom is -0.497 e. The van der Waals surface area contributed by atoms with E-state index in [1.54, 1.807) is 37.4 Å². The number of aliphatic hydroxyl groups is 1. The largest absolute Gasteiger partial charge is 0.497 e. The van der Waals surface area contributed by atoms with E-state index in [1.807, 2.05) is 0 Å². The average Bonchev–Trinajstić information content (AvgIpc) is 2.46. The summed E-state index contributed by atoms with van der Waals surface area (Å²) in [5.74, 6) is 0.935. The molecule has 0 saturated heterocycles. The van der Waals surface area contributed by atoms with Gasteiger partial charge in [0.1, 0.15) is 23.4 Å². The lowest BCUT2D eigenvalue weighted by atomic mass is 9.95. The second-order valence-corrected chi connectivity index (χ2v) is 4.82. The fourth-order valence-corrected chi connectivity index (χ4v) is 2.46. The van der Waals surface area contributed by atoms with E-state index < -0.39 is 6.10 Å². The summed E-state index contributed by atoms with van der Waals surface area (Å²) in [6.45, 7) is 0. The Balaban J connectivity index is 1.95. The number of methoxy groups -OCH3 is 1. The first-order valence-corrected chi connectivity index (χ1v) is 6.45. The first-order valence-electron chi connectivity index (χ1n) is 6.45. The van der Waals surface area contributed by atoms with Gasteiger partial charge in [-0.15, -0.1) is 0 Å².